The number of ether oxygens (including phenoxy) is 1. The van der Waals surface area contributed by atoms with E-state index in [4.69, 9.17) is 4.74 Å². The highest BCUT2D eigenvalue weighted by molar-refractivity contribution is 5.59. The van der Waals surface area contributed by atoms with E-state index in [1.807, 2.05) is 73.7 Å². The standard InChI is InChI=1S/C21H20N2O2/c1-2-25-19-12-10-18(11-13-19)20-14-15-21(24)23(22-20)16-6-9-17-7-4-3-5-8-17/h3-15H,2,16H2,1H3/b9-6+. The van der Waals surface area contributed by atoms with Gasteiger partial charge in [-0.1, -0.05) is 42.5 Å². The summed E-state index contributed by atoms with van der Waals surface area (Å²) in [4.78, 5) is 12.0. The zero-order valence-electron chi connectivity index (χ0n) is 14.1. The van der Waals surface area contributed by atoms with Gasteiger partial charge in [0.2, 0.25) is 0 Å². The third-order valence-corrected chi connectivity index (χ3v) is 3.72. The monoisotopic (exact) mass is 332 g/mol. The molecule has 0 aliphatic carbocycles. The molecular formula is C21H20N2O2. The van der Waals surface area contributed by atoms with E-state index >= 15 is 0 Å². The van der Waals surface area contributed by atoms with Crippen molar-refractivity contribution in [3.63, 3.8) is 0 Å². The number of hydrogen-bond acceptors (Lipinski definition) is 3. The van der Waals surface area contributed by atoms with Gasteiger partial charge in [0.25, 0.3) is 5.56 Å². The van der Waals surface area contributed by atoms with Crippen LogP contribution in [0, 0.1) is 0 Å². The minimum Gasteiger partial charge on any atom is -0.494 e. The lowest BCUT2D eigenvalue weighted by Crippen LogP contribution is -2.21. The molecule has 0 amide bonds. The fourth-order valence-electron chi connectivity index (χ4n) is 2.48. The average molecular weight is 332 g/mol. The number of hydrogen-bond donors (Lipinski definition) is 0. The second-order valence-electron chi connectivity index (χ2n) is 5.51. The topological polar surface area (TPSA) is 44.1 Å². The second kappa shape index (κ2) is 8.11. The summed E-state index contributed by atoms with van der Waals surface area (Å²) >= 11 is 0. The van der Waals surface area contributed by atoms with Gasteiger partial charge in [0.1, 0.15) is 5.75 Å². The highest BCUT2D eigenvalue weighted by atomic mass is 16.5. The summed E-state index contributed by atoms with van der Waals surface area (Å²) in [5.74, 6) is 0.824. The number of rotatable bonds is 6. The van der Waals surface area contributed by atoms with Gasteiger partial charge in [-0.15, -0.1) is 0 Å². The molecule has 1 aromatic heterocycles. The van der Waals surface area contributed by atoms with Crippen LogP contribution in [0.5, 0.6) is 5.75 Å². The Morgan fingerprint density at radius 3 is 2.48 bits per heavy atom. The smallest absolute Gasteiger partial charge is 0.267 e. The molecule has 0 spiro atoms. The van der Waals surface area contributed by atoms with E-state index in [-0.39, 0.29) is 5.56 Å². The van der Waals surface area contributed by atoms with Crippen molar-refractivity contribution >= 4 is 6.08 Å². The Balaban J connectivity index is 1.78. The first-order valence-corrected chi connectivity index (χ1v) is 8.29. The molecule has 0 saturated heterocycles. The van der Waals surface area contributed by atoms with Gasteiger partial charge in [-0.2, -0.15) is 5.10 Å². The molecule has 0 N–H and O–H groups in total. The van der Waals surface area contributed by atoms with Crippen LogP contribution in [0.3, 0.4) is 0 Å². The summed E-state index contributed by atoms with van der Waals surface area (Å²) in [5, 5.41) is 4.46. The Labute approximate surface area is 147 Å². The van der Waals surface area contributed by atoms with Crippen molar-refractivity contribution in [1.29, 1.82) is 0 Å². The maximum atomic E-state index is 12.0. The number of allylic oxidation sites excluding steroid dienone is 1. The zero-order valence-corrected chi connectivity index (χ0v) is 14.1. The average Bonchev–Trinajstić information content (AvgIpc) is 2.65. The summed E-state index contributed by atoms with van der Waals surface area (Å²) < 4.78 is 6.91. The molecule has 4 heteroatoms. The Morgan fingerprint density at radius 1 is 1.00 bits per heavy atom. The maximum absolute atomic E-state index is 12.0. The van der Waals surface area contributed by atoms with E-state index in [0.717, 1.165) is 22.6 Å². The third-order valence-electron chi connectivity index (χ3n) is 3.72. The van der Waals surface area contributed by atoms with E-state index in [1.54, 1.807) is 12.1 Å². The van der Waals surface area contributed by atoms with E-state index in [9.17, 15) is 4.79 Å². The van der Waals surface area contributed by atoms with Gasteiger partial charge < -0.3 is 4.74 Å². The molecule has 0 aliphatic heterocycles. The first kappa shape index (κ1) is 16.7. The minimum atomic E-state index is -0.118. The first-order valence-electron chi connectivity index (χ1n) is 8.29. The molecule has 25 heavy (non-hydrogen) atoms. The quantitative estimate of drug-likeness (QED) is 0.685. The molecule has 0 fully saturated rings. The van der Waals surface area contributed by atoms with Gasteiger partial charge in [-0.25, -0.2) is 4.68 Å². The van der Waals surface area contributed by atoms with Gasteiger partial charge in [0.05, 0.1) is 18.8 Å². The van der Waals surface area contributed by atoms with Gasteiger partial charge in [-0.3, -0.25) is 4.79 Å². The van der Waals surface area contributed by atoms with Gasteiger partial charge >= 0.3 is 0 Å². The Hall–Kier alpha value is -3.14. The van der Waals surface area contributed by atoms with E-state index in [2.05, 4.69) is 5.10 Å². The van der Waals surface area contributed by atoms with Crippen molar-refractivity contribution in [3.8, 4) is 17.0 Å². The lowest BCUT2D eigenvalue weighted by molar-refractivity contribution is 0.340. The predicted octanol–water partition coefficient (Wildman–Crippen LogP) is 4.02. The molecule has 0 atom stereocenters. The van der Waals surface area contributed by atoms with E-state index in [1.165, 1.54) is 4.68 Å². The van der Waals surface area contributed by atoms with Crippen molar-refractivity contribution in [1.82, 2.24) is 9.78 Å². The molecular weight excluding hydrogens is 312 g/mol. The maximum Gasteiger partial charge on any atom is 0.267 e. The number of nitrogens with zero attached hydrogens (tertiary/aromatic N) is 2. The summed E-state index contributed by atoms with van der Waals surface area (Å²) in [5.41, 5.74) is 2.69. The summed E-state index contributed by atoms with van der Waals surface area (Å²) in [6.45, 7) is 3.02. The first-order chi connectivity index (χ1) is 12.3. The fourth-order valence-corrected chi connectivity index (χ4v) is 2.48. The zero-order chi connectivity index (χ0) is 17.5. The summed E-state index contributed by atoms with van der Waals surface area (Å²) in [7, 11) is 0. The lowest BCUT2D eigenvalue weighted by atomic mass is 10.1. The van der Waals surface area contributed by atoms with Crippen molar-refractivity contribution in [2.24, 2.45) is 0 Å². The van der Waals surface area contributed by atoms with Gasteiger partial charge in [0, 0.05) is 11.6 Å². The fraction of sp³-hybridized carbons (Fsp3) is 0.143. The highest BCUT2D eigenvalue weighted by Crippen LogP contribution is 2.19. The van der Waals surface area contributed by atoms with Crippen LogP contribution in [0.25, 0.3) is 17.3 Å². The van der Waals surface area contributed by atoms with Crippen molar-refractivity contribution in [3.05, 3.63) is 88.7 Å². The number of benzene rings is 2. The van der Waals surface area contributed by atoms with Crippen LogP contribution in [0.2, 0.25) is 0 Å². The highest BCUT2D eigenvalue weighted by Gasteiger charge is 2.03. The summed E-state index contributed by atoms with van der Waals surface area (Å²) in [6.07, 6.45) is 3.92. The number of aromatic nitrogens is 2. The molecule has 126 valence electrons. The lowest BCUT2D eigenvalue weighted by Gasteiger charge is -2.07. The van der Waals surface area contributed by atoms with Crippen LogP contribution in [0.4, 0.5) is 0 Å². The van der Waals surface area contributed by atoms with Crippen LogP contribution in [0.1, 0.15) is 12.5 Å². The van der Waals surface area contributed by atoms with Crippen molar-refractivity contribution in [2.45, 2.75) is 13.5 Å². The predicted molar refractivity (Wildman–Crippen MR) is 101 cm³/mol. The van der Waals surface area contributed by atoms with Gasteiger partial charge in [-0.05, 0) is 42.8 Å². The van der Waals surface area contributed by atoms with E-state index in [0.29, 0.717) is 13.2 Å². The van der Waals surface area contributed by atoms with Crippen molar-refractivity contribution < 1.29 is 4.74 Å². The molecule has 4 nitrogen and oxygen atoms in total. The molecule has 3 rings (SSSR count). The third kappa shape index (κ3) is 4.44. The van der Waals surface area contributed by atoms with Crippen LogP contribution in [0.15, 0.2) is 77.6 Å². The van der Waals surface area contributed by atoms with E-state index < -0.39 is 0 Å². The molecule has 0 radical (unpaired) electrons. The molecule has 1 heterocycles. The molecule has 0 unspecified atom stereocenters. The normalized spacial score (nSPS) is 10.9. The summed E-state index contributed by atoms with van der Waals surface area (Å²) in [6, 6.07) is 21.0. The Bertz CT molecular complexity index is 897. The largest absolute Gasteiger partial charge is 0.494 e. The van der Waals surface area contributed by atoms with Crippen LogP contribution >= 0.6 is 0 Å². The minimum absolute atomic E-state index is 0.118. The van der Waals surface area contributed by atoms with Crippen LogP contribution in [-0.2, 0) is 6.54 Å². The van der Waals surface area contributed by atoms with Crippen molar-refractivity contribution in [2.75, 3.05) is 6.61 Å². The van der Waals surface area contributed by atoms with Crippen LogP contribution < -0.4 is 10.3 Å². The van der Waals surface area contributed by atoms with Crippen LogP contribution in [-0.4, -0.2) is 16.4 Å². The molecule has 0 saturated carbocycles. The molecule has 2 aromatic carbocycles. The SMILES string of the molecule is CCOc1ccc(-c2ccc(=O)n(C/C=C/c3ccccc3)n2)cc1. The molecule has 3 aromatic rings. The molecule has 0 aliphatic rings. The second-order valence-corrected chi connectivity index (χ2v) is 5.51. The molecule has 0 bridgehead atoms. The van der Waals surface area contributed by atoms with Gasteiger partial charge in [0.15, 0.2) is 0 Å². The Morgan fingerprint density at radius 2 is 1.76 bits per heavy atom. The Kier molecular flexibility index (Phi) is 5.42.